The molecule has 2 aliphatic heterocycles. The summed E-state index contributed by atoms with van der Waals surface area (Å²) in [7, 11) is 0. The van der Waals surface area contributed by atoms with Crippen molar-refractivity contribution in [3.63, 3.8) is 0 Å². The SMILES string of the molecule is CCCCN1CCC[C@]2(CCC(=O)N2Cc2csc(C)n2)CC1. The number of carbonyl (C=O) groups is 1. The Morgan fingerprint density at radius 1 is 1.30 bits per heavy atom. The van der Waals surface area contributed by atoms with Gasteiger partial charge >= 0.3 is 0 Å². The van der Waals surface area contributed by atoms with Gasteiger partial charge in [-0.25, -0.2) is 4.98 Å². The number of amides is 1. The van der Waals surface area contributed by atoms with Gasteiger partial charge in [-0.1, -0.05) is 13.3 Å². The third-order valence-electron chi connectivity index (χ3n) is 5.50. The zero-order valence-corrected chi connectivity index (χ0v) is 15.3. The molecule has 2 aliphatic rings. The Bertz CT molecular complexity index is 544. The van der Waals surface area contributed by atoms with Gasteiger partial charge in [0.1, 0.15) is 0 Å². The van der Waals surface area contributed by atoms with Crippen molar-refractivity contribution in [2.75, 3.05) is 19.6 Å². The van der Waals surface area contributed by atoms with Crippen LogP contribution in [-0.4, -0.2) is 45.9 Å². The van der Waals surface area contributed by atoms with Crippen LogP contribution in [0.25, 0.3) is 0 Å². The van der Waals surface area contributed by atoms with Crippen molar-refractivity contribution in [3.8, 4) is 0 Å². The molecule has 23 heavy (non-hydrogen) atoms. The fraction of sp³-hybridized carbons (Fsp3) is 0.778. The summed E-state index contributed by atoms with van der Waals surface area (Å²) in [6, 6.07) is 0. The Balaban J connectivity index is 1.69. The zero-order valence-electron chi connectivity index (χ0n) is 14.5. The van der Waals surface area contributed by atoms with Gasteiger partial charge < -0.3 is 9.80 Å². The summed E-state index contributed by atoms with van der Waals surface area (Å²) in [6.07, 6.45) is 7.80. The molecular formula is C18H29N3OS. The van der Waals surface area contributed by atoms with Gasteiger partial charge in [0.2, 0.25) is 5.91 Å². The fourth-order valence-corrected chi connectivity index (χ4v) is 4.74. The van der Waals surface area contributed by atoms with Gasteiger partial charge in [-0.15, -0.1) is 11.3 Å². The maximum atomic E-state index is 12.5. The first kappa shape index (κ1) is 16.9. The standard InChI is InChI=1S/C18H29N3OS/c1-3-4-10-20-11-5-7-18(9-12-20)8-6-17(22)21(18)13-16-14-23-15(2)19-16/h14H,3-13H2,1-2H3/t18-/m0/s1. The van der Waals surface area contributed by atoms with Gasteiger partial charge in [0.25, 0.3) is 0 Å². The van der Waals surface area contributed by atoms with Crippen LogP contribution in [0.2, 0.25) is 0 Å². The van der Waals surface area contributed by atoms with Gasteiger partial charge in [0.05, 0.1) is 17.2 Å². The normalized spacial score (nSPS) is 26.2. The third kappa shape index (κ3) is 3.77. The van der Waals surface area contributed by atoms with Crippen molar-refractivity contribution in [2.45, 2.75) is 70.9 Å². The van der Waals surface area contributed by atoms with Crippen molar-refractivity contribution >= 4 is 17.2 Å². The number of thiazole rings is 1. The lowest BCUT2D eigenvalue weighted by molar-refractivity contribution is -0.132. The lowest BCUT2D eigenvalue weighted by Crippen LogP contribution is -2.46. The molecule has 0 radical (unpaired) electrons. The molecule has 1 aromatic heterocycles. The average Bonchev–Trinajstić information content (AvgIpc) is 3.00. The molecule has 0 unspecified atom stereocenters. The minimum absolute atomic E-state index is 0.0928. The van der Waals surface area contributed by atoms with Crippen LogP contribution in [0.1, 0.15) is 62.6 Å². The van der Waals surface area contributed by atoms with E-state index in [2.05, 4.69) is 27.1 Å². The molecule has 3 heterocycles. The van der Waals surface area contributed by atoms with Crippen LogP contribution in [0.15, 0.2) is 5.38 Å². The maximum absolute atomic E-state index is 12.5. The molecular weight excluding hydrogens is 306 g/mol. The molecule has 0 N–H and O–H groups in total. The van der Waals surface area contributed by atoms with E-state index >= 15 is 0 Å². The van der Waals surface area contributed by atoms with Crippen LogP contribution in [0.3, 0.4) is 0 Å². The number of nitrogens with zero attached hydrogens (tertiary/aromatic N) is 3. The average molecular weight is 336 g/mol. The number of likely N-dealkylation sites (tertiary alicyclic amines) is 2. The van der Waals surface area contributed by atoms with E-state index in [1.807, 2.05) is 6.92 Å². The Kier molecular flexibility index (Phi) is 5.37. The molecule has 0 aliphatic carbocycles. The molecule has 1 aromatic rings. The number of hydrogen-bond acceptors (Lipinski definition) is 4. The Hall–Kier alpha value is -0.940. The fourth-order valence-electron chi connectivity index (χ4n) is 4.13. The molecule has 0 bridgehead atoms. The van der Waals surface area contributed by atoms with Crippen molar-refractivity contribution in [1.82, 2.24) is 14.8 Å². The largest absolute Gasteiger partial charge is 0.331 e. The summed E-state index contributed by atoms with van der Waals surface area (Å²) in [4.78, 5) is 21.9. The van der Waals surface area contributed by atoms with Crippen LogP contribution >= 0.6 is 11.3 Å². The third-order valence-corrected chi connectivity index (χ3v) is 6.32. The number of aryl methyl sites for hydroxylation is 1. The predicted molar refractivity (Wildman–Crippen MR) is 94.6 cm³/mol. The molecule has 1 amide bonds. The van der Waals surface area contributed by atoms with E-state index in [0.29, 0.717) is 12.5 Å². The molecule has 1 spiro atoms. The number of carbonyl (C=O) groups excluding carboxylic acids is 1. The number of aromatic nitrogens is 1. The Labute approximate surface area is 143 Å². The first-order valence-electron chi connectivity index (χ1n) is 9.07. The van der Waals surface area contributed by atoms with Crippen molar-refractivity contribution in [3.05, 3.63) is 16.1 Å². The van der Waals surface area contributed by atoms with E-state index in [4.69, 9.17) is 0 Å². The Morgan fingerprint density at radius 3 is 2.91 bits per heavy atom. The molecule has 0 aromatic carbocycles. The van der Waals surface area contributed by atoms with Crippen LogP contribution in [0, 0.1) is 6.92 Å². The zero-order chi connectivity index (χ0) is 16.3. The van der Waals surface area contributed by atoms with Crippen molar-refractivity contribution < 1.29 is 4.79 Å². The van der Waals surface area contributed by atoms with Crippen LogP contribution < -0.4 is 0 Å². The second-order valence-electron chi connectivity index (χ2n) is 7.11. The summed E-state index contributed by atoms with van der Waals surface area (Å²) >= 11 is 1.68. The van der Waals surface area contributed by atoms with Gasteiger partial charge in [-0.3, -0.25) is 4.79 Å². The van der Waals surface area contributed by atoms with E-state index in [-0.39, 0.29) is 5.54 Å². The first-order chi connectivity index (χ1) is 11.1. The van der Waals surface area contributed by atoms with E-state index in [1.165, 1.54) is 32.4 Å². The molecule has 0 saturated carbocycles. The maximum Gasteiger partial charge on any atom is 0.223 e. The van der Waals surface area contributed by atoms with Crippen LogP contribution in [0.4, 0.5) is 0 Å². The van der Waals surface area contributed by atoms with E-state index in [0.717, 1.165) is 42.9 Å². The quantitative estimate of drug-likeness (QED) is 0.825. The van der Waals surface area contributed by atoms with Crippen LogP contribution in [-0.2, 0) is 11.3 Å². The first-order valence-corrected chi connectivity index (χ1v) is 9.95. The molecule has 2 fully saturated rings. The second kappa shape index (κ2) is 7.31. The highest BCUT2D eigenvalue weighted by Crippen LogP contribution is 2.40. The molecule has 3 rings (SSSR count). The summed E-state index contributed by atoms with van der Waals surface area (Å²) in [6.45, 7) is 8.54. The molecule has 5 heteroatoms. The monoisotopic (exact) mass is 335 g/mol. The molecule has 128 valence electrons. The van der Waals surface area contributed by atoms with Crippen LogP contribution in [0.5, 0.6) is 0 Å². The van der Waals surface area contributed by atoms with Gasteiger partial charge in [-0.2, -0.15) is 0 Å². The van der Waals surface area contributed by atoms with Crippen molar-refractivity contribution in [2.24, 2.45) is 0 Å². The number of unbranched alkanes of at least 4 members (excludes halogenated alkanes) is 1. The second-order valence-corrected chi connectivity index (χ2v) is 8.17. The highest BCUT2D eigenvalue weighted by molar-refractivity contribution is 7.09. The molecule has 2 saturated heterocycles. The highest BCUT2D eigenvalue weighted by Gasteiger charge is 2.45. The smallest absolute Gasteiger partial charge is 0.223 e. The van der Waals surface area contributed by atoms with Gasteiger partial charge in [0, 0.05) is 23.9 Å². The molecule has 1 atom stereocenters. The lowest BCUT2D eigenvalue weighted by Gasteiger charge is -2.38. The summed E-state index contributed by atoms with van der Waals surface area (Å²) in [5, 5.41) is 3.20. The van der Waals surface area contributed by atoms with Gasteiger partial charge in [0.15, 0.2) is 0 Å². The molecule has 4 nitrogen and oxygen atoms in total. The van der Waals surface area contributed by atoms with E-state index in [9.17, 15) is 4.79 Å². The minimum atomic E-state index is 0.0928. The van der Waals surface area contributed by atoms with Crippen molar-refractivity contribution in [1.29, 1.82) is 0 Å². The lowest BCUT2D eigenvalue weighted by atomic mass is 9.87. The van der Waals surface area contributed by atoms with E-state index < -0.39 is 0 Å². The Morgan fingerprint density at radius 2 is 2.17 bits per heavy atom. The summed E-state index contributed by atoms with van der Waals surface area (Å²) in [5.41, 5.74) is 1.16. The van der Waals surface area contributed by atoms with E-state index in [1.54, 1.807) is 11.3 Å². The predicted octanol–water partition coefficient (Wildman–Crippen LogP) is 3.60. The topological polar surface area (TPSA) is 36.4 Å². The highest BCUT2D eigenvalue weighted by atomic mass is 32.1. The summed E-state index contributed by atoms with van der Waals surface area (Å²) in [5.74, 6) is 0.331. The minimum Gasteiger partial charge on any atom is -0.331 e. The number of hydrogen-bond donors (Lipinski definition) is 0. The van der Waals surface area contributed by atoms with Gasteiger partial charge in [-0.05, 0) is 52.1 Å². The summed E-state index contributed by atoms with van der Waals surface area (Å²) < 4.78 is 0. The number of rotatable bonds is 5.